The smallest absolute Gasteiger partial charge is 0.407 e. The molecule has 6 amide bonds. The largest absolute Gasteiger partial charge is 0.453 e. The molecule has 124 heavy (non-hydrogen) atoms. The van der Waals surface area contributed by atoms with Crippen LogP contribution < -0.4 is 10.6 Å². The van der Waals surface area contributed by atoms with Crippen LogP contribution in [0.4, 0.5) is 9.59 Å². The van der Waals surface area contributed by atoms with E-state index >= 15 is 0 Å². The van der Waals surface area contributed by atoms with Gasteiger partial charge in [0.2, 0.25) is 23.6 Å². The Morgan fingerprint density at radius 1 is 0.427 bits per heavy atom. The van der Waals surface area contributed by atoms with Crippen LogP contribution in [0, 0.1) is 11.8 Å². The molecular formula is C98H120N16O10. The molecule has 4 fully saturated rings. The summed E-state index contributed by atoms with van der Waals surface area (Å²) in [5, 5.41) is 28.9. The summed E-state index contributed by atoms with van der Waals surface area (Å²) in [5.74, 6) is 2.11. The van der Waals surface area contributed by atoms with Crippen molar-refractivity contribution in [2.45, 2.75) is 206 Å². The van der Waals surface area contributed by atoms with Crippen molar-refractivity contribution >= 4 is 35.8 Å². The van der Waals surface area contributed by atoms with E-state index in [1.807, 2.05) is 92.2 Å². The lowest BCUT2D eigenvalue weighted by atomic mass is 9.90. The van der Waals surface area contributed by atoms with Gasteiger partial charge in [-0.05, 0) is 196 Å². The molecule has 8 atom stereocenters. The third-order valence-electron chi connectivity index (χ3n) is 26.3. The number of aromatic nitrogens is 8. The maximum Gasteiger partial charge on any atom is 0.407 e. The molecule has 6 aliphatic rings. The lowest BCUT2D eigenvalue weighted by Gasteiger charge is -2.34. The molecule has 4 saturated heterocycles. The number of alkyl carbamates (subject to hydrolysis) is 2. The summed E-state index contributed by atoms with van der Waals surface area (Å²) in [5.41, 5.74) is 17.7. The van der Waals surface area contributed by atoms with Gasteiger partial charge < -0.3 is 60.1 Å². The summed E-state index contributed by atoms with van der Waals surface area (Å²) >= 11 is 0. The van der Waals surface area contributed by atoms with Crippen LogP contribution in [-0.4, -0.2) is 194 Å². The van der Waals surface area contributed by atoms with Gasteiger partial charge in [0.25, 0.3) is 0 Å². The minimum absolute atomic E-state index is 0.0671. The number of nitrogens with one attached hydrogen (secondary N) is 4. The zero-order chi connectivity index (χ0) is 87.0. The lowest BCUT2D eigenvalue weighted by molar-refractivity contribution is -0.139. The number of methoxy groups -OCH3 is 2. The van der Waals surface area contributed by atoms with Gasteiger partial charge in [-0.15, -0.1) is 0 Å². The van der Waals surface area contributed by atoms with E-state index in [0.29, 0.717) is 49.9 Å². The van der Waals surface area contributed by atoms with E-state index in [4.69, 9.17) is 29.4 Å². The first-order chi connectivity index (χ1) is 60.2. The first kappa shape index (κ1) is 87.0. The zero-order valence-electron chi connectivity index (χ0n) is 73.3. The highest BCUT2D eigenvalue weighted by molar-refractivity contribution is 5.89. The number of nitrogens with zero attached hydrogens (tertiary/aromatic N) is 12. The summed E-state index contributed by atoms with van der Waals surface area (Å²) in [6, 6.07) is 46.9. The number of carbonyl (C=O) groups excluding carboxylic acids is 6. The van der Waals surface area contributed by atoms with Gasteiger partial charge in [0, 0.05) is 37.3 Å². The normalized spacial score (nSPS) is 18.6. The van der Waals surface area contributed by atoms with Crippen LogP contribution in [0.2, 0.25) is 0 Å². The van der Waals surface area contributed by atoms with Gasteiger partial charge in [-0.2, -0.15) is 9.46 Å². The maximum atomic E-state index is 14.6. The van der Waals surface area contributed by atoms with E-state index in [1.54, 1.807) is 16.0 Å². The van der Waals surface area contributed by atoms with Crippen LogP contribution in [0.5, 0.6) is 0 Å². The number of carbonyl (C=O) groups is 6. The minimum atomic E-state index is -0.765. The van der Waals surface area contributed by atoms with Gasteiger partial charge in [-0.25, -0.2) is 29.5 Å². The number of aromatic amines is 2. The molecule has 0 unspecified atom stereocenters. The van der Waals surface area contributed by atoms with Crippen LogP contribution in [0.3, 0.4) is 0 Å². The fourth-order valence-electron chi connectivity index (χ4n) is 19.6. The second-order valence-electron chi connectivity index (χ2n) is 34.4. The van der Waals surface area contributed by atoms with Crippen LogP contribution in [-0.2, 0) is 54.3 Å². The molecule has 4 aliphatic heterocycles. The zero-order valence-corrected chi connectivity index (χ0v) is 73.3. The van der Waals surface area contributed by atoms with Gasteiger partial charge in [-0.3, -0.25) is 29.0 Å². The van der Waals surface area contributed by atoms with Gasteiger partial charge >= 0.3 is 12.2 Å². The molecule has 0 bridgehead atoms. The predicted octanol–water partition coefficient (Wildman–Crippen LogP) is 17.0. The number of hydrogen-bond donors (Lipinski definition) is 6. The summed E-state index contributed by atoms with van der Waals surface area (Å²) in [7, 11) is 2.56. The van der Waals surface area contributed by atoms with Crippen molar-refractivity contribution in [3.63, 3.8) is 0 Å². The van der Waals surface area contributed by atoms with Crippen LogP contribution in [0.1, 0.15) is 226 Å². The summed E-state index contributed by atoms with van der Waals surface area (Å²) in [6.45, 7) is 21.6. The third kappa shape index (κ3) is 18.0. The van der Waals surface area contributed by atoms with E-state index < -0.39 is 36.4 Å². The van der Waals surface area contributed by atoms with Gasteiger partial charge in [-0.1, -0.05) is 201 Å². The van der Waals surface area contributed by atoms with Crippen molar-refractivity contribution < 1.29 is 48.7 Å². The van der Waals surface area contributed by atoms with Gasteiger partial charge in [0.05, 0.1) is 84.9 Å². The highest BCUT2D eigenvalue weighted by Gasteiger charge is 2.45. The Bertz CT molecular complexity index is 5400. The second kappa shape index (κ2) is 38.9. The van der Waals surface area contributed by atoms with Crippen molar-refractivity contribution in [1.82, 2.24) is 79.4 Å². The van der Waals surface area contributed by atoms with Crippen LogP contribution >= 0.6 is 0 Å². The topological polar surface area (TPSA) is 298 Å². The van der Waals surface area contributed by atoms with E-state index in [1.165, 1.54) is 29.2 Å². The van der Waals surface area contributed by atoms with Crippen molar-refractivity contribution in [2.24, 2.45) is 11.8 Å². The van der Waals surface area contributed by atoms with Crippen molar-refractivity contribution in [3.05, 3.63) is 215 Å². The maximum absolute atomic E-state index is 14.6. The molecule has 4 aromatic heterocycles. The molecule has 0 spiro atoms. The fourth-order valence-corrected chi connectivity index (χ4v) is 19.6. The Kier molecular flexibility index (Phi) is 27.3. The number of amides is 6. The number of imidazole rings is 4. The van der Waals surface area contributed by atoms with Crippen molar-refractivity contribution in [1.29, 1.82) is 0 Å². The fraction of sp³-hybridized carbons (Fsp3) is 0.449. The molecule has 26 heteroatoms. The number of hydrogen-bond acceptors (Lipinski definition) is 16. The molecule has 8 heterocycles. The Balaban J connectivity index is 0.000000193. The molecule has 6 N–H and O–H groups in total. The molecule has 6 aromatic carbocycles. The van der Waals surface area contributed by atoms with Crippen molar-refractivity contribution in [3.8, 4) is 67.3 Å². The molecule has 0 saturated carbocycles. The molecule has 26 nitrogen and oxygen atoms in total. The standard InChI is InChI=1S/C54H64N8O3.C44H56N8O7/c1-5-58(6-2)49(39-19-11-9-12-20-39)53(63)60-33-17-25-46(60)51-55-36-44(56-51)38-29-27-37(28-30-38)41-31-32-43-42(35-41)23-15-16-24-45-48(43)57-52(62(45)65)47-26-18-34-61(47)54(64)50(59(7-3)8-4)40-21-13-10-14-22-40;1-25(2)36(48-43(55)58-5)41(53)50-21-9-13-34(50)39-45-24-32(46-39)28-17-15-27(16-18-28)29-19-20-31-30(23-29)11-7-8-12-33-38(31)47-40(52(33)57)35-14-10-22-51(35)42(54)37(26(3)4)49-44(56)59-6/h9-14,19-22,27-32,35-36,46-47,49-50,65H,5-8,15-18,23-26,33-34H2,1-4H3,(H,55,56);15-20,23-26,34-37,57H,7-14,21-22H2,1-6H3,(H,45,46)(H,48,55)(H,49,56)/t46-,47-,49+,50+;34-,35-,36-,37-/m00/s1. The Hall–Kier alpha value is -11.9. The monoisotopic (exact) mass is 1680 g/mol. The molecular weight excluding hydrogens is 1560 g/mol. The van der Waals surface area contributed by atoms with Gasteiger partial charge in [0.15, 0.2) is 11.6 Å². The SMILES string of the molecule is CCN(CC)[C@@H](C(=O)N1CCC[C@H]1c1ncc(-c2ccc(-c3ccc4c(c3)CCCCc3c-4nc([C@@H]4CCCN4C(=O)[C@@H](c4ccccc4)N(CC)CC)n3O)cc2)[nH]1)c1ccccc1.COC(=O)N[C@H](C(=O)N1CCC[C@H]1c1ncc(-c2ccc(-c3ccc4c(c3)CCCCc3c-4nc([C@@H]4CCCN4C(=O)[C@@H](NC(=O)OC)C(C)C)n3O)cc2)[nH]1)C(C)C. The number of aryl methyl sites for hydroxylation is 2. The first-order valence-electron chi connectivity index (χ1n) is 44.9. The average Bonchev–Trinajstić information content (AvgIpc) is 1.59. The Labute approximate surface area is 727 Å². The summed E-state index contributed by atoms with van der Waals surface area (Å²) in [4.78, 5) is 119. The van der Waals surface area contributed by atoms with E-state index in [9.17, 15) is 39.2 Å². The van der Waals surface area contributed by atoms with E-state index in [2.05, 4.69) is 155 Å². The predicted molar refractivity (Wildman–Crippen MR) is 476 cm³/mol. The molecule has 2 aliphatic carbocycles. The molecule has 652 valence electrons. The highest BCUT2D eigenvalue weighted by atomic mass is 16.5. The first-order valence-corrected chi connectivity index (χ1v) is 44.9. The highest BCUT2D eigenvalue weighted by Crippen LogP contribution is 2.45. The minimum Gasteiger partial charge on any atom is -0.453 e. The quantitative estimate of drug-likeness (QED) is 0.0306. The average molecular weight is 1680 g/mol. The summed E-state index contributed by atoms with van der Waals surface area (Å²) < 4.78 is 12.1. The van der Waals surface area contributed by atoms with Gasteiger partial charge in [0.1, 0.15) is 35.8 Å². The van der Waals surface area contributed by atoms with E-state index in [-0.39, 0.29) is 59.6 Å². The number of likely N-dealkylation sites (N-methyl/N-ethyl adjacent to an activating group) is 2. The number of ether oxygens (including phenoxy) is 2. The number of H-pyrrole nitrogens is 2. The number of fused-ring (bicyclic) bond motifs is 6. The van der Waals surface area contributed by atoms with E-state index in [0.717, 1.165) is 224 Å². The number of benzene rings is 6. The second-order valence-corrected chi connectivity index (χ2v) is 34.4. The Morgan fingerprint density at radius 3 is 1.12 bits per heavy atom. The third-order valence-corrected chi connectivity index (χ3v) is 26.3. The molecule has 10 aromatic rings. The number of rotatable bonds is 24. The van der Waals surface area contributed by atoms with Crippen LogP contribution in [0.15, 0.2) is 158 Å². The molecule has 16 rings (SSSR count). The number of likely N-dealkylation sites (tertiary alicyclic amines) is 4. The Morgan fingerprint density at radius 2 is 0.758 bits per heavy atom. The summed E-state index contributed by atoms with van der Waals surface area (Å²) in [6.07, 6.45) is 15.8. The molecule has 0 radical (unpaired) electrons. The lowest BCUT2D eigenvalue weighted by Crippen LogP contribution is -2.51. The van der Waals surface area contributed by atoms with Crippen LogP contribution in [0.25, 0.3) is 67.3 Å². The van der Waals surface area contributed by atoms with Crippen molar-refractivity contribution in [2.75, 3.05) is 66.6 Å².